The second kappa shape index (κ2) is 0.541. The van der Waals surface area contributed by atoms with Crippen molar-refractivity contribution in [3.8, 4) is 0 Å². The Kier molecular flexibility index (Phi) is 0.223. The van der Waals surface area contributed by atoms with Crippen molar-refractivity contribution < 1.29 is 0 Å². The second-order valence-electron chi connectivity index (χ2n) is 1.81. The number of rotatable bonds is 0. The van der Waals surface area contributed by atoms with Gasteiger partial charge >= 0.3 is 0 Å². The molecule has 2 bridgehead atoms. The van der Waals surface area contributed by atoms with Crippen LogP contribution in [0.15, 0.2) is 22.6 Å². The van der Waals surface area contributed by atoms with Crippen LogP contribution in [0.4, 0.5) is 0 Å². The van der Waals surface area contributed by atoms with Crippen molar-refractivity contribution in [3.05, 3.63) is 22.6 Å². The Morgan fingerprint density at radius 1 is 1.00 bits per heavy atom. The Balaban J connectivity index is 2.98. The molecule has 0 spiro atoms. The van der Waals surface area contributed by atoms with E-state index in [2.05, 4.69) is 11.5 Å². The first kappa shape index (κ1) is 2.47. The third-order valence-electron chi connectivity index (χ3n) is 1.27. The van der Waals surface area contributed by atoms with Crippen molar-refractivity contribution in [1.82, 2.24) is 0 Å². The summed E-state index contributed by atoms with van der Waals surface area (Å²) in [6.07, 6.45) is 2.39. The molecule has 0 saturated heterocycles. The summed E-state index contributed by atoms with van der Waals surface area (Å²) in [4.78, 5) is 0. The van der Waals surface area contributed by atoms with Crippen LogP contribution >= 0.6 is 0 Å². The summed E-state index contributed by atoms with van der Waals surface area (Å²) >= 11 is 0. The standard InChI is InChI=1S/C6H4/c1-2-6-3-5(1)4-6/h3-4H2. The quantitative estimate of drug-likeness (QED) is 0.382. The van der Waals surface area contributed by atoms with Crippen molar-refractivity contribution in [1.29, 1.82) is 0 Å². The average molecular weight is 76.1 g/mol. The molecule has 28 valence electrons. The number of allylic oxidation sites excluding steroid dienone is 2. The average Bonchev–Trinajstić information content (AvgIpc) is 1.72. The molecule has 6 heavy (non-hydrogen) atoms. The maximum atomic E-state index is 3.02. The van der Waals surface area contributed by atoms with E-state index in [1.165, 1.54) is 24.0 Å². The molecule has 1 fully saturated rings. The summed E-state index contributed by atoms with van der Waals surface area (Å²) < 4.78 is 0. The highest BCUT2D eigenvalue weighted by atomic mass is 14.2. The van der Waals surface area contributed by atoms with E-state index < -0.39 is 0 Å². The highest BCUT2D eigenvalue weighted by molar-refractivity contribution is 5.36. The predicted octanol–water partition coefficient (Wildman–Crippen LogP) is 1.40. The minimum atomic E-state index is 1.19. The van der Waals surface area contributed by atoms with Crippen molar-refractivity contribution in [2.75, 3.05) is 0 Å². The van der Waals surface area contributed by atoms with Crippen LogP contribution in [-0.4, -0.2) is 0 Å². The van der Waals surface area contributed by atoms with Gasteiger partial charge in [0.15, 0.2) is 0 Å². The molecule has 0 aliphatic heterocycles. The molecular formula is C6H4. The first-order valence-electron chi connectivity index (χ1n) is 2.16. The molecule has 3 aliphatic carbocycles. The molecular weight excluding hydrogens is 72.1 g/mol. The van der Waals surface area contributed by atoms with Gasteiger partial charge in [0.1, 0.15) is 0 Å². The molecule has 0 unspecified atom stereocenters. The SMILES string of the molecule is C1=C=C2CC=1C2. The Bertz CT molecular complexity index is 154. The van der Waals surface area contributed by atoms with Gasteiger partial charge in [-0.15, -0.1) is 0 Å². The largest absolute Gasteiger partial charge is 0.0704 e. The topological polar surface area (TPSA) is 0 Å². The highest BCUT2D eigenvalue weighted by Crippen LogP contribution is 2.33. The van der Waals surface area contributed by atoms with Gasteiger partial charge in [0, 0.05) is 12.8 Å². The minimum Gasteiger partial charge on any atom is -0.0704 e. The molecule has 1 saturated carbocycles. The molecule has 0 radical (unpaired) electrons. The van der Waals surface area contributed by atoms with Crippen LogP contribution in [0.5, 0.6) is 0 Å². The van der Waals surface area contributed by atoms with Crippen LogP contribution in [0.1, 0.15) is 12.8 Å². The lowest BCUT2D eigenvalue weighted by Crippen LogP contribution is -1.94. The van der Waals surface area contributed by atoms with Gasteiger partial charge < -0.3 is 0 Å². The van der Waals surface area contributed by atoms with Crippen molar-refractivity contribution >= 4 is 0 Å². The van der Waals surface area contributed by atoms with Gasteiger partial charge in [-0.2, -0.15) is 0 Å². The zero-order chi connectivity index (χ0) is 3.98. The highest BCUT2D eigenvalue weighted by Gasteiger charge is 2.17. The first-order chi connectivity index (χ1) is 2.95. The first-order valence-corrected chi connectivity index (χ1v) is 2.16. The van der Waals surface area contributed by atoms with E-state index >= 15 is 0 Å². The van der Waals surface area contributed by atoms with Crippen molar-refractivity contribution in [3.63, 3.8) is 0 Å². The van der Waals surface area contributed by atoms with Gasteiger partial charge in [-0.05, 0) is 11.1 Å². The molecule has 0 nitrogen and oxygen atoms in total. The fourth-order valence-corrected chi connectivity index (χ4v) is 0.817. The van der Waals surface area contributed by atoms with Crippen LogP contribution < -0.4 is 0 Å². The van der Waals surface area contributed by atoms with Crippen molar-refractivity contribution in [2.24, 2.45) is 0 Å². The molecule has 3 rings (SSSR count). The summed E-state index contributed by atoms with van der Waals surface area (Å²) in [5.74, 6) is 0. The number of hydrogen-bond acceptors (Lipinski definition) is 0. The van der Waals surface area contributed by atoms with E-state index in [-0.39, 0.29) is 0 Å². The second-order valence-corrected chi connectivity index (χ2v) is 1.81. The summed E-state index contributed by atoms with van der Waals surface area (Å²) in [6.45, 7) is 0. The van der Waals surface area contributed by atoms with Crippen LogP contribution in [-0.2, 0) is 0 Å². The van der Waals surface area contributed by atoms with Crippen LogP contribution in [0.3, 0.4) is 0 Å². The molecule has 0 amide bonds. The fraction of sp³-hybridized carbons (Fsp3) is 0.333. The van der Waals surface area contributed by atoms with E-state index in [9.17, 15) is 0 Å². The predicted molar refractivity (Wildman–Crippen MR) is 23.3 cm³/mol. The van der Waals surface area contributed by atoms with E-state index in [0.717, 1.165) is 0 Å². The minimum absolute atomic E-state index is 1.19. The van der Waals surface area contributed by atoms with Gasteiger partial charge in [0.2, 0.25) is 0 Å². The number of hydrogen-bond donors (Lipinski definition) is 0. The Morgan fingerprint density at radius 2 is 1.50 bits per heavy atom. The van der Waals surface area contributed by atoms with Gasteiger partial charge in [-0.1, -0.05) is 11.5 Å². The van der Waals surface area contributed by atoms with Gasteiger partial charge in [0.05, 0.1) is 0 Å². The monoisotopic (exact) mass is 76.0 g/mol. The molecule has 0 aromatic rings. The normalized spacial score (nSPS) is 22.7. The zero-order valence-electron chi connectivity index (χ0n) is 3.41. The van der Waals surface area contributed by atoms with Crippen molar-refractivity contribution in [2.45, 2.75) is 12.8 Å². The molecule has 3 aliphatic rings. The lowest BCUT2D eigenvalue weighted by molar-refractivity contribution is 0.889. The smallest absolute Gasteiger partial charge is 0.00640 e. The third-order valence-corrected chi connectivity index (χ3v) is 1.27. The van der Waals surface area contributed by atoms with Crippen LogP contribution in [0.25, 0.3) is 0 Å². The molecule has 0 heteroatoms. The molecule has 0 aromatic heterocycles. The Labute approximate surface area is 36.5 Å². The van der Waals surface area contributed by atoms with Gasteiger partial charge in [-0.3, -0.25) is 0 Å². The molecule has 0 aromatic carbocycles. The maximum Gasteiger partial charge on any atom is 0.00640 e. The molecule has 0 atom stereocenters. The van der Waals surface area contributed by atoms with E-state index in [1.807, 2.05) is 0 Å². The Hall–Kier alpha value is -0.700. The van der Waals surface area contributed by atoms with Gasteiger partial charge in [-0.25, -0.2) is 0 Å². The summed E-state index contributed by atoms with van der Waals surface area (Å²) in [5, 5.41) is 0. The molecule has 0 heterocycles. The lowest BCUT2D eigenvalue weighted by Gasteiger charge is -2.09. The van der Waals surface area contributed by atoms with E-state index in [4.69, 9.17) is 0 Å². The summed E-state index contributed by atoms with van der Waals surface area (Å²) in [5.41, 5.74) is 8.94. The zero-order valence-corrected chi connectivity index (χ0v) is 3.41. The lowest BCUT2D eigenvalue weighted by atomic mass is 9.92. The van der Waals surface area contributed by atoms with Crippen LogP contribution in [0, 0.1) is 0 Å². The Morgan fingerprint density at radius 3 is 1.67 bits per heavy atom. The van der Waals surface area contributed by atoms with Gasteiger partial charge in [0.25, 0.3) is 0 Å². The fourth-order valence-electron chi connectivity index (χ4n) is 0.817. The molecule has 0 N–H and O–H groups in total. The summed E-state index contributed by atoms with van der Waals surface area (Å²) in [7, 11) is 0. The van der Waals surface area contributed by atoms with Crippen LogP contribution in [0.2, 0.25) is 0 Å². The summed E-state index contributed by atoms with van der Waals surface area (Å²) in [6, 6.07) is 0. The van der Waals surface area contributed by atoms with E-state index in [0.29, 0.717) is 0 Å². The maximum absolute atomic E-state index is 3.02. The van der Waals surface area contributed by atoms with E-state index in [1.54, 1.807) is 0 Å². The third kappa shape index (κ3) is 0.115.